The number of likely N-dealkylation sites (tertiary alicyclic amines) is 1. The van der Waals surface area contributed by atoms with Crippen molar-refractivity contribution in [1.29, 1.82) is 0 Å². The summed E-state index contributed by atoms with van der Waals surface area (Å²) in [5, 5.41) is 0. The van der Waals surface area contributed by atoms with Crippen LogP contribution in [0.2, 0.25) is 0 Å². The van der Waals surface area contributed by atoms with Gasteiger partial charge in [-0.1, -0.05) is 13.3 Å². The first-order valence-corrected chi connectivity index (χ1v) is 6.26. The first kappa shape index (κ1) is 11.4. The van der Waals surface area contributed by atoms with Gasteiger partial charge in [0, 0.05) is 12.6 Å². The van der Waals surface area contributed by atoms with E-state index in [-0.39, 0.29) is 0 Å². The fourth-order valence-corrected chi connectivity index (χ4v) is 2.54. The molecule has 1 aliphatic rings. The molecule has 2 unspecified atom stereocenters. The lowest BCUT2D eigenvalue weighted by Crippen LogP contribution is -2.32. The zero-order valence-corrected chi connectivity index (χ0v) is 9.89. The topological polar surface area (TPSA) is 3.24 Å². The average molecular weight is 201 g/mol. The maximum Gasteiger partial charge on any atom is 0.00675 e. The molecule has 0 aromatic rings. The third-order valence-corrected chi connectivity index (χ3v) is 3.65. The van der Waals surface area contributed by atoms with Crippen molar-refractivity contribution >= 4 is 12.6 Å². The van der Waals surface area contributed by atoms with Crippen molar-refractivity contribution in [2.75, 3.05) is 18.8 Å². The number of nitrogens with zero attached hydrogens (tertiary/aromatic N) is 1. The summed E-state index contributed by atoms with van der Waals surface area (Å²) in [5.74, 6) is 1.87. The Bertz CT molecular complexity index is 138. The van der Waals surface area contributed by atoms with Gasteiger partial charge in [0.15, 0.2) is 0 Å². The molecule has 0 spiro atoms. The summed E-state index contributed by atoms with van der Waals surface area (Å²) in [6.45, 7) is 7.21. The Morgan fingerprint density at radius 1 is 1.54 bits per heavy atom. The molecule has 1 heterocycles. The first-order chi connectivity index (χ1) is 6.27. The molecule has 0 saturated carbocycles. The Labute approximate surface area is 88.3 Å². The molecule has 1 fully saturated rings. The molecule has 0 aliphatic carbocycles. The molecular formula is C11H23NS. The molecule has 0 amide bonds. The molecule has 0 bridgehead atoms. The second kappa shape index (κ2) is 5.92. The van der Waals surface area contributed by atoms with Crippen LogP contribution in [0.1, 0.15) is 39.5 Å². The number of thiol groups is 1. The highest BCUT2D eigenvalue weighted by molar-refractivity contribution is 7.80. The van der Waals surface area contributed by atoms with E-state index in [1.807, 2.05) is 0 Å². The van der Waals surface area contributed by atoms with E-state index >= 15 is 0 Å². The molecule has 1 saturated heterocycles. The lowest BCUT2D eigenvalue weighted by molar-refractivity contribution is 0.228. The number of rotatable bonds is 5. The van der Waals surface area contributed by atoms with Crippen molar-refractivity contribution < 1.29 is 0 Å². The smallest absolute Gasteiger partial charge is 0.00675 e. The summed E-state index contributed by atoms with van der Waals surface area (Å²) in [5.41, 5.74) is 0. The van der Waals surface area contributed by atoms with Crippen molar-refractivity contribution in [3.05, 3.63) is 0 Å². The van der Waals surface area contributed by atoms with E-state index in [1.165, 1.54) is 38.8 Å². The van der Waals surface area contributed by atoms with Gasteiger partial charge in [-0.15, -0.1) is 0 Å². The van der Waals surface area contributed by atoms with Crippen molar-refractivity contribution in [2.45, 2.75) is 45.6 Å². The lowest BCUT2D eigenvalue weighted by atomic mass is 10.1. The van der Waals surface area contributed by atoms with E-state index in [1.54, 1.807) is 0 Å². The minimum absolute atomic E-state index is 0.814. The summed E-state index contributed by atoms with van der Waals surface area (Å²) in [4.78, 5) is 2.64. The molecular weight excluding hydrogens is 178 g/mol. The predicted molar refractivity (Wildman–Crippen MR) is 62.5 cm³/mol. The molecule has 0 N–H and O–H groups in total. The van der Waals surface area contributed by atoms with Crippen LogP contribution in [0.15, 0.2) is 0 Å². The summed E-state index contributed by atoms with van der Waals surface area (Å²) in [6, 6.07) is 0.819. The Kier molecular flexibility index (Phi) is 5.18. The van der Waals surface area contributed by atoms with E-state index < -0.39 is 0 Å². The Morgan fingerprint density at radius 2 is 2.31 bits per heavy atom. The summed E-state index contributed by atoms with van der Waals surface area (Å²) in [6.07, 6.45) is 5.43. The Balaban J connectivity index is 2.27. The van der Waals surface area contributed by atoms with Crippen LogP contribution >= 0.6 is 12.6 Å². The molecule has 2 atom stereocenters. The lowest BCUT2D eigenvalue weighted by Gasteiger charge is -2.25. The van der Waals surface area contributed by atoms with Crippen LogP contribution in [0.4, 0.5) is 0 Å². The largest absolute Gasteiger partial charge is 0.300 e. The number of hydrogen-bond donors (Lipinski definition) is 1. The maximum atomic E-state index is 4.43. The maximum absolute atomic E-state index is 4.43. The Hall–Kier alpha value is 0.310. The minimum atomic E-state index is 0.814. The van der Waals surface area contributed by atoms with Gasteiger partial charge in [0.25, 0.3) is 0 Å². The highest BCUT2D eigenvalue weighted by atomic mass is 32.1. The van der Waals surface area contributed by atoms with Crippen molar-refractivity contribution in [3.63, 3.8) is 0 Å². The monoisotopic (exact) mass is 201 g/mol. The third-order valence-electron chi connectivity index (χ3n) is 3.14. The quantitative estimate of drug-likeness (QED) is 0.669. The SMILES string of the molecule is CCCC(CS)CN1CCCC1C. The van der Waals surface area contributed by atoms with Crippen molar-refractivity contribution in [1.82, 2.24) is 4.90 Å². The second-order valence-electron chi connectivity index (χ2n) is 4.32. The normalized spacial score (nSPS) is 26.5. The van der Waals surface area contributed by atoms with Crippen LogP contribution in [0, 0.1) is 5.92 Å². The van der Waals surface area contributed by atoms with E-state index in [2.05, 4.69) is 31.4 Å². The molecule has 1 nitrogen and oxygen atoms in total. The van der Waals surface area contributed by atoms with E-state index in [4.69, 9.17) is 0 Å². The third kappa shape index (κ3) is 3.51. The van der Waals surface area contributed by atoms with Crippen LogP contribution in [-0.2, 0) is 0 Å². The van der Waals surface area contributed by atoms with Gasteiger partial charge in [0.05, 0.1) is 0 Å². The van der Waals surface area contributed by atoms with Crippen molar-refractivity contribution in [2.24, 2.45) is 5.92 Å². The van der Waals surface area contributed by atoms with Gasteiger partial charge in [0.2, 0.25) is 0 Å². The molecule has 0 aromatic heterocycles. The van der Waals surface area contributed by atoms with E-state index in [0.717, 1.165) is 17.7 Å². The van der Waals surface area contributed by atoms with Gasteiger partial charge in [-0.25, -0.2) is 0 Å². The standard InChI is InChI=1S/C11H23NS/c1-3-5-11(9-13)8-12-7-4-6-10(12)2/h10-11,13H,3-9H2,1-2H3. The van der Waals surface area contributed by atoms with Crippen LogP contribution in [0.5, 0.6) is 0 Å². The minimum Gasteiger partial charge on any atom is -0.300 e. The van der Waals surface area contributed by atoms with Crippen LogP contribution < -0.4 is 0 Å². The highest BCUT2D eigenvalue weighted by Crippen LogP contribution is 2.20. The fraction of sp³-hybridized carbons (Fsp3) is 1.00. The molecule has 2 heteroatoms. The summed E-state index contributed by atoms with van der Waals surface area (Å²) >= 11 is 4.43. The van der Waals surface area contributed by atoms with E-state index in [9.17, 15) is 0 Å². The zero-order valence-electron chi connectivity index (χ0n) is 9.00. The zero-order chi connectivity index (χ0) is 9.68. The van der Waals surface area contributed by atoms with Gasteiger partial charge in [-0.2, -0.15) is 12.6 Å². The molecule has 78 valence electrons. The molecule has 0 radical (unpaired) electrons. The van der Waals surface area contributed by atoms with Gasteiger partial charge < -0.3 is 4.90 Å². The van der Waals surface area contributed by atoms with E-state index in [0.29, 0.717) is 0 Å². The first-order valence-electron chi connectivity index (χ1n) is 5.62. The molecule has 1 aliphatic heterocycles. The fourth-order valence-electron chi connectivity index (χ4n) is 2.24. The number of hydrogen-bond acceptors (Lipinski definition) is 2. The van der Waals surface area contributed by atoms with Gasteiger partial charge >= 0.3 is 0 Å². The van der Waals surface area contributed by atoms with Gasteiger partial charge in [0.1, 0.15) is 0 Å². The van der Waals surface area contributed by atoms with Gasteiger partial charge in [-0.05, 0) is 44.4 Å². The van der Waals surface area contributed by atoms with Crippen LogP contribution in [0.25, 0.3) is 0 Å². The predicted octanol–water partition coefficient (Wildman–Crippen LogP) is 2.82. The van der Waals surface area contributed by atoms with Gasteiger partial charge in [-0.3, -0.25) is 0 Å². The van der Waals surface area contributed by atoms with Crippen LogP contribution in [0.3, 0.4) is 0 Å². The van der Waals surface area contributed by atoms with Crippen LogP contribution in [-0.4, -0.2) is 29.8 Å². The molecule has 0 aromatic carbocycles. The summed E-state index contributed by atoms with van der Waals surface area (Å²) < 4.78 is 0. The van der Waals surface area contributed by atoms with Crippen molar-refractivity contribution in [3.8, 4) is 0 Å². The molecule has 1 rings (SSSR count). The second-order valence-corrected chi connectivity index (χ2v) is 4.69. The Morgan fingerprint density at radius 3 is 2.77 bits per heavy atom. The molecule has 13 heavy (non-hydrogen) atoms. The average Bonchev–Trinajstić information content (AvgIpc) is 2.51. The highest BCUT2D eigenvalue weighted by Gasteiger charge is 2.22. The summed E-state index contributed by atoms with van der Waals surface area (Å²) in [7, 11) is 0.